The average molecular weight is 368 g/mol. The number of imidazole rings is 1. The van der Waals surface area contributed by atoms with Crippen molar-refractivity contribution < 1.29 is 8.42 Å². The summed E-state index contributed by atoms with van der Waals surface area (Å²) in [7, 11) is -3.04. The first-order valence-corrected chi connectivity index (χ1v) is 9.50. The molecular weight excluding hydrogens is 355 g/mol. The summed E-state index contributed by atoms with van der Waals surface area (Å²) in [5.41, 5.74) is 0.875. The SMILES string of the molecule is CC1(n2c(CCl)nc3cc(Cl)c(Cl)cc32)CCS(=O)(=O)C1. The predicted molar refractivity (Wildman–Crippen MR) is 86.2 cm³/mol. The van der Waals surface area contributed by atoms with Crippen LogP contribution in [0.25, 0.3) is 11.0 Å². The number of hydrogen-bond donors (Lipinski definition) is 0. The Morgan fingerprint density at radius 3 is 2.57 bits per heavy atom. The molecule has 1 aromatic carbocycles. The number of sulfone groups is 1. The van der Waals surface area contributed by atoms with Crippen LogP contribution >= 0.6 is 34.8 Å². The van der Waals surface area contributed by atoms with Crippen LogP contribution in [0.1, 0.15) is 19.2 Å². The van der Waals surface area contributed by atoms with Crippen LogP contribution in [0.3, 0.4) is 0 Å². The largest absolute Gasteiger partial charge is 0.320 e. The molecule has 1 atom stereocenters. The topological polar surface area (TPSA) is 52.0 Å². The number of rotatable bonds is 2. The Hall–Kier alpha value is -0.490. The lowest BCUT2D eigenvalue weighted by Gasteiger charge is -2.27. The smallest absolute Gasteiger partial charge is 0.152 e. The molecule has 0 saturated carbocycles. The van der Waals surface area contributed by atoms with Crippen molar-refractivity contribution in [1.29, 1.82) is 0 Å². The molecule has 1 fully saturated rings. The fraction of sp³-hybridized carbons (Fsp3) is 0.462. The molecule has 21 heavy (non-hydrogen) atoms. The minimum atomic E-state index is -3.04. The van der Waals surface area contributed by atoms with Crippen molar-refractivity contribution in [3.8, 4) is 0 Å². The minimum absolute atomic E-state index is 0.0790. The van der Waals surface area contributed by atoms with E-state index in [9.17, 15) is 8.42 Å². The summed E-state index contributed by atoms with van der Waals surface area (Å²) in [4.78, 5) is 4.46. The molecule has 1 aliphatic heterocycles. The number of hydrogen-bond acceptors (Lipinski definition) is 3. The Balaban J connectivity index is 2.28. The van der Waals surface area contributed by atoms with Gasteiger partial charge in [-0.2, -0.15) is 0 Å². The zero-order valence-electron chi connectivity index (χ0n) is 11.2. The second-order valence-corrected chi connectivity index (χ2v) is 8.86. The molecule has 0 bridgehead atoms. The van der Waals surface area contributed by atoms with Gasteiger partial charge in [0.25, 0.3) is 0 Å². The van der Waals surface area contributed by atoms with Gasteiger partial charge in [0.15, 0.2) is 9.84 Å². The van der Waals surface area contributed by atoms with Gasteiger partial charge < -0.3 is 4.57 Å². The maximum atomic E-state index is 11.9. The third-order valence-corrected chi connectivity index (χ3v) is 6.76. The van der Waals surface area contributed by atoms with Crippen LogP contribution in [0.2, 0.25) is 10.0 Å². The summed E-state index contributed by atoms with van der Waals surface area (Å²) in [5.74, 6) is 1.08. The highest BCUT2D eigenvalue weighted by molar-refractivity contribution is 7.91. The molecule has 2 heterocycles. The van der Waals surface area contributed by atoms with E-state index in [1.165, 1.54) is 0 Å². The number of halogens is 3. The highest BCUT2D eigenvalue weighted by Crippen LogP contribution is 2.37. The fourth-order valence-corrected chi connectivity index (χ4v) is 5.60. The molecule has 1 aliphatic rings. The molecule has 8 heteroatoms. The van der Waals surface area contributed by atoms with Gasteiger partial charge in [-0.1, -0.05) is 23.2 Å². The van der Waals surface area contributed by atoms with Gasteiger partial charge in [-0.25, -0.2) is 13.4 Å². The Bertz CT molecular complexity index is 832. The summed E-state index contributed by atoms with van der Waals surface area (Å²) in [6.45, 7) is 1.91. The molecule has 0 aliphatic carbocycles. The van der Waals surface area contributed by atoms with E-state index >= 15 is 0 Å². The van der Waals surface area contributed by atoms with E-state index in [0.29, 0.717) is 27.8 Å². The van der Waals surface area contributed by atoms with Crippen LogP contribution in [0, 0.1) is 0 Å². The van der Waals surface area contributed by atoms with Crippen LogP contribution in [-0.4, -0.2) is 29.5 Å². The highest BCUT2D eigenvalue weighted by Gasteiger charge is 2.41. The maximum Gasteiger partial charge on any atom is 0.152 e. The van der Waals surface area contributed by atoms with Crippen molar-refractivity contribution in [2.75, 3.05) is 11.5 Å². The summed E-state index contributed by atoms with van der Waals surface area (Å²) in [5, 5.41) is 0.829. The fourth-order valence-electron chi connectivity index (χ4n) is 2.98. The van der Waals surface area contributed by atoms with Crippen LogP contribution in [-0.2, 0) is 21.3 Å². The standard InChI is InChI=1S/C13H13Cl3N2O2S/c1-13(2-3-21(19,20)7-13)18-11-5-9(16)8(15)4-10(11)17-12(18)6-14/h4-5H,2-3,6-7H2,1H3. The lowest BCUT2D eigenvalue weighted by Crippen LogP contribution is -2.32. The number of fused-ring (bicyclic) bond motifs is 1. The van der Waals surface area contributed by atoms with E-state index < -0.39 is 15.4 Å². The summed E-state index contributed by atoms with van der Waals surface area (Å²) in [6.07, 6.45) is 0.533. The Morgan fingerprint density at radius 1 is 1.33 bits per heavy atom. The number of alkyl halides is 1. The molecule has 1 saturated heterocycles. The van der Waals surface area contributed by atoms with E-state index in [-0.39, 0.29) is 17.4 Å². The summed E-state index contributed by atoms with van der Waals surface area (Å²) >= 11 is 18.1. The van der Waals surface area contributed by atoms with Crippen LogP contribution in [0.4, 0.5) is 0 Å². The second-order valence-electron chi connectivity index (χ2n) is 5.59. The predicted octanol–water partition coefficient (Wildman–Crippen LogP) is 3.62. The Labute approximate surface area is 137 Å². The van der Waals surface area contributed by atoms with Crippen molar-refractivity contribution >= 4 is 55.7 Å². The van der Waals surface area contributed by atoms with Crippen LogP contribution in [0.5, 0.6) is 0 Å². The van der Waals surface area contributed by atoms with Crippen molar-refractivity contribution in [2.24, 2.45) is 0 Å². The summed E-state index contributed by atoms with van der Waals surface area (Å²) < 4.78 is 25.7. The normalized spacial score (nSPS) is 24.8. The number of aromatic nitrogens is 2. The molecule has 0 N–H and O–H groups in total. The molecule has 4 nitrogen and oxygen atoms in total. The first-order chi connectivity index (χ1) is 9.76. The molecule has 0 amide bonds. The first-order valence-electron chi connectivity index (χ1n) is 6.39. The number of benzene rings is 1. The monoisotopic (exact) mass is 366 g/mol. The van der Waals surface area contributed by atoms with Gasteiger partial charge in [-0.15, -0.1) is 11.6 Å². The van der Waals surface area contributed by atoms with Crippen LogP contribution < -0.4 is 0 Å². The van der Waals surface area contributed by atoms with Crippen LogP contribution in [0.15, 0.2) is 12.1 Å². The lowest BCUT2D eigenvalue weighted by molar-refractivity contribution is 0.367. The van der Waals surface area contributed by atoms with Gasteiger partial charge in [-0.3, -0.25) is 0 Å². The number of nitrogens with zero attached hydrogens (tertiary/aromatic N) is 2. The van der Waals surface area contributed by atoms with Crippen molar-refractivity contribution in [2.45, 2.75) is 24.8 Å². The first kappa shape index (κ1) is 15.4. The third kappa shape index (κ3) is 2.54. The highest BCUT2D eigenvalue weighted by atomic mass is 35.5. The van der Waals surface area contributed by atoms with Gasteiger partial charge in [0.1, 0.15) is 5.82 Å². The van der Waals surface area contributed by atoms with E-state index in [1.807, 2.05) is 11.5 Å². The van der Waals surface area contributed by atoms with E-state index in [0.717, 1.165) is 5.52 Å². The van der Waals surface area contributed by atoms with Gasteiger partial charge in [0.05, 0.1) is 44.0 Å². The van der Waals surface area contributed by atoms with Gasteiger partial charge in [0, 0.05) is 0 Å². The quantitative estimate of drug-likeness (QED) is 0.762. The lowest BCUT2D eigenvalue weighted by atomic mass is 10.0. The van der Waals surface area contributed by atoms with Gasteiger partial charge in [-0.05, 0) is 25.5 Å². The average Bonchev–Trinajstić information content (AvgIpc) is 2.88. The molecule has 1 aromatic heterocycles. The van der Waals surface area contributed by atoms with Crippen molar-refractivity contribution in [3.05, 3.63) is 28.0 Å². The summed E-state index contributed by atoms with van der Waals surface area (Å²) in [6, 6.07) is 3.40. The van der Waals surface area contributed by atoms with E-state index in [1.54, 1.807) is 12.1 Å². The molecule has 0 spiro atoms. The molecular formula is C13H13Cl3N2O2S. The molecule has 0 radical (unpaired) electrons. The van der Waals surface area contributed by atoms with Crippen molar-refractivity contribution in [3.63, 3.8) is 0 Å². The van der Waals surface area contributed by atoms with E-state index in [4.69, 9.17) is 34.8 Å². The Kier molecular flexibility index (Phi) is 3.68. The second kappa shape index (κ2) is 5.01. The molecule has 3 rings (SSSR count). The minimum Gasteiger partial charge on any atom is -0.320 e. The maximum absolute atomic E-state index is 11.9. The van der Waals surface area contributed by atoms with E-state index in [2.05, 4.69) is 4.98 Å². The molecule has 114 valence electrons. The van der Waals surface area contributed by atoms with Gasteiger partial charge in [0.2, 0.25) is 0 Å². The third-order valence-electron chi connectivity index (χ3n) is 3.91. The zero-order valence-corrected chi connectivity index (χ0v) is 14.3. The molecule has 1 unspecified atom stereocenters. The Morgan fingerprint density at radius 2 is 2.00 bits per heavy atom. The zero-order chi connectivity index (χ0) is 15.4. The molecule has 2 aromatic rings. The van der Waals surface area contributed by atoms with Gasteiger partial charge >= 0.3 is 0 Å². The van der Waals surface area contributed by atoms with Crippen molar-refractivity contribution in [1.82, 2.24) is 9.55 Å².